The average molecular weight is 693 g/mol. The Kier molecular flexibility index (Phi) is 12.0. The zero-order valence-corrected chi connectivity index (χ0v) is 27.1. The molecule has 0 radical (unpaired) electrons. The molecule has 3 aromatic carbocycles. The molecule has 1 atom stereocenters. The van der Waals surface area contributed by atoms with E-state index in [-0.39, 0.29) is 38.8 Å². The van der Waals surface area contributed by atoms with Gasteiger partial charge >= 0.3 is 6.18 Å². The molecule has 2 amide bonds. The van der Waals surface area contributed by atoms with Crippen molar-refractivity contribution in [1.82, 2.24) is 10.2 Å². The van der Waals surface area contributed by atoms with Gasteiger partial charge in [-0.05, 0) is 60.4 Å². The van der Waals surface area contributed by atoms with Gasteiger partial charge in [-0.15, -0.1) is 0 Å². The van der Waals surface area contributed by atoms with E-state index in [1.807, 2.05) is 13.8 Å². The van der Waals surface area contributed by atoms with Crippen LogP contribution >= 0.6 is 34.8 Å². The van der Waals surface area contributed by atoms with Crippen LogP contribution in [-0.2, 0) is 32.3 Å². The number of rotatable bonds is 12. The van der Waals surface area contributed by atoms with Gasteiger partial charge in [0.1, 0.15) is 12.6 Å². The van der Waals surface area contributed by atoms with Gasteiger partial charge in [-0.3, -0.25) is 13.9 Å². The molecule has 0 saturated heterocycles. The number of benzene rings is 3. The molecule has 7 nitrogen and oxygen atoms in total. The highest BCUT2D eigenvalue weighted by Crippen LogP contribution is 2.37. The molecule has 0 heterocycles. The molecule has 44 heavy (non-hydrogen) atoms. The highest BCUT2D eigenvalue weighted by molar-refractivity contribution is 7.92. The summed E-state index contributed by atoms with van der Waals surface area (Å²) in [7, 11) is -4.63. The van der Waals surface area contributed by atoms with E-state index in [0.717, 1.165) is 6.07 Å². The summed E-state index contributed by atoms with van der Waals surface area (Å²) in [5.41, 5.74) is -1.23. The summed E-state index contributed by atoms with van der Waals surface area (Å²) in [6.07, 6.45) is -4.68. The van der Waals surface area contributed by atoms with E-state index >= 15 is 0 Å². The lowest BCUT2D eigenvalue weighted by atomic mass is 10.1. The molecule has 0 aliphatic rings. The van der Waals surface area contributed by atoms with E-state index in [0.29, 0.717) is 28.5 Å². The number of carbonyl (C=O) groups excluding carboxylic acids is 2. The third-order valence-electron chi connectivity index (χ3n) is 6.56. The zero-order valence-electron chi connectivity index (χ0n) is 24.0. The maximum absolute atomic E-state index is 14.1. The van der Waals surface area contributed by atoms with Gasteiger partial charge in [0, 0.05) is 13.1 Å². The van der Waals surface area contributed by atoms with Gasteiger partial charge in [-0.2, -0.15) is 13.2 Å². The van der Waals surface area contributed by atoms with Crippen molar-refractivity contribution >= 4 is 62.3 Å². The van der Waals surface area contributed by atoms with Crippen molar-refractivity contribution < 1.29 is 31.2 Å². The van der Waals surface area contributed by atoms with Gasteiger partial charge < -0.3 is 10.2 Å². The topological polar surface area (TPSA) is 86.8 Å². The van der Waals surface area contributed by atoms with Crippen LogP contribution in [0.2, 0.25) is 15.1 Å². The Bertz CT molecular complexity index is 1590. The molecule has 0 spiro atoms. The van der Waals surface area contributed by atoms with Crippen molar-refractivity contribution in [3.8, 4) is 0 Å². The number of nitrogens with one attached hydrogen (secondary N) is 1. The Morgan fingerprint density at radius 3 is 2.11 bits per heavy atom. The molecule has 0 bridgehead atoms. The molecular formula is C30H31Cl3F3N3O4S. The number of alkyl halides is 3. The molecular weight excluding hydrogens is 662 g/mol. The maximum atomic E-state index is 14.1. The Morgan fingerprint density at radius 2 is 1.55 bits per heavy atom. The van der Waals surface area contributed by atoms with E-state index in [1.165, 1.54) is 41.3 Å². The molecule has 0 aliphatic heterocycles. The normalized spacial score (nSPS) is 12.6. The van der Waals surface area contributed by atoms with Crippen LogP contribution in [0.3, 0.4) is 0 Å². The van der Waals surface area contributed by atoms with Crippen molar-refractivity contribution in [2.45, 2.75) is 50.9 Å². The molecule has 0 saturated carbocycles. The first-order valence-corrected chi connectivity index (χ1v) is 16.1. The molecule has 0 aliphatic carbocycles. The minimum atomic E-state index is -4.83. The second-order valence-electron chi connectivity index (χ2n) is 10.3. The van der Waals surface area contributed by atoms with E-state index in [9.17, 15) is 31.2 Å². The van der Waals surface area contributed by atoms with Gasteiger partial charge in [-0.25, -0.2) is 8.42 Å². The SMILES string of the molecule is CCC(C(=O)NCC(C)C)N(Cc1ccc(Cl)c(Cl)c1)C(=O)CN(c1cc(C(F)(F)F)ccc1Cl)S(=O)(=O)c1ccccc1. The van der Waals surface area contributed by atoms with Crippen molar-refractivity contribution in [3.63, 3.8) is 0 Å². The number of nitrogens with zero attached hydrogens (tertiary/aromatic N) is 2. The van der Waals surface area contributed by atoms with Gasteiger partial charge in [0.15, 0.2) is 0 Å². The van der Waals surface area contributed by atoms with Crippen molar-refractivity contribution in [1.29, 1.82) is 0 Å². The fourth-order valence-corrected chi connectivity index (χ4v) is 6.33. The minimum absolute atomic E-state index is 0.102. The number of carbonyl (C=O) groups is 2. The smallest absolute Gasteiger partial charge is 0.354 e. The Hall–Kier alpha value is -2.99. The maximum Gasteiger partial charge on any atom is 0.416 e. The quantitative estimate of drug-likeness (QED) is 0.214. The first-order chi connectivity index (χ1) is 20.6. The molecule has 1 N–H and O–H groups in total. The molecule has 1 unspecified atom stereocenters. The number of anilines is 1. The molecule has 0 fully saturated rings. The highest BCUT2D eigenvalue weighted by Gasteiger charge is 2.37. The summed E-state index contributed by atoms with van der Waals surface area (Å²) in [4.78, 5) is 28.3. The largest absolute Gasteiger partial charge is 0.416 e. The van der Waals surface area contributed by atoms with Gasteiger partial charge in [0.05, 0.1) is 31.2 Å². The van der Waals surface area contributed by atoms with Crippen LogP contribution in [0.4, 0.5) is 18.9 Å². The zero-order chi connectivity index (χ0) is 32.8. The van der Waals surface area contributed by atoms with Crippen molar-refractivity contribution in [2.24, 2.45) is 5.92 Å². The predicted octanol–water partition coefficient (Wildman–Crippen LogP) is 7.44. The van der Waals surface area contributed by atoms with Crippen LogP contribution in [0.15, 0.2) is 71.6 Å². The summed E-state index contributed by atoms with van der Waals surface area (Å²) in [5.74, 6) is -1.25. The highest BCUT2D eigenvalue weighted by atomic mass is 35.5. The average Bonchev–Trinajstić information content (AvgIpc) is 2.96. The predicted molar refractivity (Wildman–Crippen MR) is 166 cm³/mol. The first-order valence-electron chi connectivity index (χ1n) is 13.5. The third kappa shape index (κ3) is 8.80. The summed E-state index contributed by atoms with van der Waals surface area (Å²) in [6, 6.07) is 12.7. The van der Waals surface area contributed by atoms with Gasteiger partial charge in [0.25, 0.3) is 10.0 Å². The lowest BCUT2D eigenvalue weighted by Gasteiger charge is -2.33. The minimum Gasteiger partial charge on any atom is -0.354 e. The fourth-order valence-electron chi connectivity index (χ4n) is 4.29. The number of amides is 2. The Morgan fingerprint density at radius 1 is 0.909 bits per heavy atom. The summed E-state index contributed by atoms with van der Waals surface area (Å²) in [5, 5.41) is 2.91. The third-order valence-corrected chi connectivity index (χ3v) is 9.39. The second-order valence-corrected chi connectivity index (χ2v) is 13.4. The van der Waals surface area contributed by atoms with Gasteiger partial charge in [0.2, 0.25) is 11.8 Å². The summed E-state index contributed by atoms with van der Waals surface area (Å²) in [6.45, 7) is 4.64. The van der Waals surface area contributed by atoms with Crippen molar-refractivity contribution in [2.75, 3.05) is 17.4 Å². The molecule has 14 heteroatoms. The molecule has 238 valence electrons. The monoisotopic (exact) mass is 691 g/mol. The standard InChI is InChI=1S/C30H31Cl3F3N3O4S/c1-4-26(29(41)37-16-19(2)3)38(17-20-10-12-23(31)25(33)14-20)28(40)18-39(44(42,43)22-8-6-5-7-9-22)27-15-21(30(34,35)36)11-13-24(27)32/h5-15,19,26H,4,16-18H2,1-3H3,(H,37,41). The summed E-state index contributed by atoms with van der Waals surface area (Å²) >= 11 is 18.5. The van der Waals surface area contributed by atoms with E-state index in [1.54, 1.807) is 19.1 Å². The van der Waals surface area contributed by atoms with Gasteiger partial charge in [-0.1, -0.05) is 79.8 Å². The van der Waals surface area contributed by atoms with Crippen LogP contribution in [0, 0.1) is 5.92 Å². The lowest BCUT2D eigenvalue weighted by Crippen LogP contribution is -2.52. The van der Waals surface area contributed by atoms with Crippen LogP contribution in [-0.4, -0.2) is 44.3 Å². The van der Waals surface area contributed by atoms with Crippen LogP contribution in [0.1, 0.15) is 38.3 Å². The second kappa shape index (κ2) is 14.9. The Balaban J connectivity index is 2.15. The molecule has 3 aromatic rings. The Labute approximate surface area is 269 Å². The number of hydrogen-bond acceptors (Lipinski definition) is 4. The van der Waals surface area contributed by atoms with Crippen LogP contribution in [0.5, 0.6) is 0 Å². The van der Waals surface area contributed by atoms with Crippen molar-refractivity contribution in [3.05, 3.63) is 92.9 Å². The van der Waals surface area contributed by atoms with Crippen LogP contribution < -0.4 is 9.62 Å². The van der Waals surface area contributed by atoms with E-state index in [4.69, 9.17) is 34.8 Å². The number of sulfonamides is 1. The fraction of sp³-hybridized carbons (Fsp3) is 0.333. The summed E-state index contributed by atoms with van der Waals surface area (Å²) < 4.78 is 69.4. The van der Waals surface area contributed by atoms with Crippen LogP contribution in [0.25, 0.3) is 0 Å². The molecule has 3 rings (SSSR count). The first kappa shape index (κ1) is 35.5. The lowest BCUT2D eigenvalue weighted by molar-refractivity contribution is -0.140. The van der Waals surface area contributed by atoms with E-state index < -0.39 is 51.9 Å². The number of hydrogen-bond donors (Lipinski definition) is 1. The van der Waals surface area contributed by atoms with E-state index in [2.05, 4.69) is 5.32 Å². The molecule has 0 aromatic heterocycles. The number of halogens is 6.